The Labute approximate surface area is 190 Å². The standard InChI is InChI=1S/C18H31N5O8S/c1-3-8(2)14(20)17(29)22-10(6-12(19)24)16(28)21-9(4-5-13(25)26)15(27)23-11(7-32)18(30)31/h8-11,14,32H,3-7,20H2,1-2H3,(H2,19,24)(H,21,28)(H,22,29)(H,23,27)(H,25,26)(H,30,31). The van der Waals surface area contributed by atoms with Gasteiger partial charge in [0.25, 0.3) is 0 Å². The number of carbonyl (C=O) groups is 6. The van der Waals surface area contributed by atoms with E-state index in [1.807, 2.05) is 6.92 Å². The highest BCUT2D eigenvalue weighted by molar-refractivity contribution is 7.80. The van der Waals surface area contributed by atoms with Crippen LogP contribution in [0.15, 0.2) is 0 Å². The Morgan fingerprint density at radius 1 is 0.906 bits per heavy atom. The van der Waals surface area contributed by atoms with Crippen LogP contribution in [0.3, 0.4) is 0 Å². The maximum atomic E-state index is 12.7. The molecule has 32 heavy (non-hydrogen) atoms. The summed E-state index contributed by atoms with van der Waals surface area (Å²) >= 11 is 3.82. The first-order valence-corrected chi connectivity index (χ1v) is 10.5. The molecule has 5 atom stereocenters. The summed E-state index contributed by atoms with van der Waals surface area (Å²) in [6.07, 6.45) is -0.931. The number of carboxylic acid groups (broad SMARTS) is 2. The number of primary amides is 1. The summed E-state index contributed by atoms with van der Waals surface area (Å²) in [5.74, 6) is -6.72. The number of aliphatic carboxylic acids is 2. The number of hydrogen-bond acceptors (Lipinski definition) is 8. The highest BCUT2D eigenvalue weighted by atomic mass is 32.1. The summed E-state index contributed by atoms with van der Waals surface area (Å²) in [5.41, 5.74) is 11.0. The molecule has 4 amide bonds. The summed E-state index contributed by atoms with van der Waals surface area (Å²) < 4.78 is 0. The lowest BCUT2D eigenvalue weighted by Crippen LogP contribution is -2.58. The molecule has 0 rings (SSSR count). The second-order valence-corrected chi connectivity index (χ2v) is 7.58. The molecule has 0 heterocycles. The van der Waals surface area contributed by atoms with Gasteiger partial charge in [-0.2, -0.15) is 12.6 Å². The maximum Gasteiger partial charge on any atom is 0.327 e. The van der Waals surface area contributed by atoms with Crippen molar-refractivity contribution in [3.8, 4) is 0 Å². The van der Waals surface area contributed by atoms with Crippen molar-refractivity contribution in [1.29, 1.82) is 0 Å². The molecule has 0 aliphatic carbocycles. The smallest absolute Gasteiger partial charge is 0.327 e. The zero-order chi connectivity index (χ0) is 25.0. The predicted octanol–water partition coefficient (Wildman–Crippen LogP) is -2.43. The Morgan fingerprint density at radius 3 is 1.84 bits per heavy atom. The molecular weight excluding hydrogens is 446 g/mol. The average Bonchev–Trinajstić information content (AvgIpc) is 2.71. The van der Waals surface area contributed by atoms with Crippen molar-refractivity contribution in [3.63, 3.8) is 0 Å². The summed E-state index contributed by atoms with van der Waals surface area (Å²) in [6, 6.07) is -5.29. The highest BCUT2D eigenvalue weighted by Gasteiger charge is 2.31. The van der Waals surface area contributed by atoms with E-state index in [1.165, 1.54) is 0 Å². The Morgan fingerprint density at radius 2 is 1.41 bits per heavy atom. The molecule has 0 saturated heterocycles. The molecule has 0 aromatic heterocycles. The minimum absolute atomic E-state index is 0.226. The lowest BCUT2D eigenvalue weighted by Gasteiger charge is -2.25. The molecule has 0 aliphatic heterocycles. The van der Waals surface area contributed by atoms with E-state index in [4.69, 9.17) is 21.7 Å². The first-order chi connectivity index (χ1) is 14.8. The first kappa shape index (κ1) is 29.1. The third-order valence-electron chi connectivity index (χ3n) is 4.68. The first-order valence-electron chi connectivity index (χ1n) is 9.84. The van der Waals surface area contributed by atoms with Crippen molar-refractivity contribution in [2.75, 3.05) is 5.75 Å². The number of carbonyl (C=O) groups excluding carboxylic acids is 4. The lowest BCUT2D eigenvalue weighted by molar-refractivity contribution is -0.142. The minimum atomic E-state index is -1.48. The van der Waals surface area contributed by atoms with Gasteiger partial charge >= 0.3 is 11.9 Å². The van der Waals surface area contributed by atoms with E-state index in [2.05, 4.69) is 28.6 Å². The lowest BCUT2D eigenvalue weighted by atomic mass is 9.99. The molecule has 0 radical (unpaired) electrons. The average molecular weight is 478 g/mol. The topological polar surface area (TPSA) is 231 Å². The van der Waals surface area contributed by atoms with Crippen LogP contribution in [-0.4, -0.2) is 75.7 Å². The molecule has 0 spiro atoms. The van der Waals surface area contributed by atoms with Crippen molar-refractivity contribution in [2.45, 2.75) is 63.7 Å². The van der Waals surface area contributed by atoms with Crippen LogP contribution in [-0.2, 0) is 28.8 Å². The van der Waals surface area contributed by atoms with Gasteiger partial charge in [0.2, 0.25) is 23.6 Å². The van der Waals surface area contributed by atoms with Gasteiger partial charge in [-0.1, -0.05) is 20.3 Å². The molecule has 0 bridgehead atoms. The number of nitrogens with two attached hydrogens (primary N) is 2. The van der Waals surface area contributed by atoms with E-state index in [0.717, 1.165) is 0 Å². The van der Waals surface area contributed by atoms with Gasteiger partial charge in [-0.15, -0.1) is 0 Å². The van der Waals surface area contributed by atoms with Crippen molar-refractivity contribution in [1.82, 2.24) is 16.0 Å². The van der Waals surface area contributed by atoms with Crippen LogP contribution in [0, 0.1) is 5.92 Å². The van der Waals surface area contributed by atoms with Crippen molar-refractivity contribution in [2.24, 2.45) is 17.4 Å². The molecule has 14 heteroatoms. The summed E-state index contributed by atoms with van der Waals surface area (Å²) in [6.45, 7) is 3.53. The summed E-state index contributed by atoms with van der Waals surface area (Å²) in [5, 5.41) is 24.6. The SMILES string of the molecule is CCC(C)C(N)C(=O)NC(CC(N)=O)C(=O)NC(CCC(=O)O)C(=O)NC(CS)C(=O)O. The minimum Gasteiger partial charge on any atom is -0.481 e. The van der Waals surface area contributed by atoms with E-state index in [-0.39, 0.29) is 18.1 Å². The fourth-order valence-corrected chi connectivity index (χ4v) is 2.70. The number of thiol groups is 1. The van der Waals surface area contributed by atoms with Crippen LogP contribution < -0.4 is 27.4 Å². The second-order valence-electron chi connectivity index (χ2n) is 7.22. The molecule has 0 fully saturated rings. The van der Waals surface area contributed by atoms with E-state index >= 15 is 0 Å². The van der Waals surface area contributed by atoms with Crippen LogP contribution in [0.2, 0.25) is 0 Å². The molecule has 0 aromatic rings. The van der Waals surface area contributed by atoms with E-state index < -0.39 is 72.6 Å². The van der Waals surface area contributed by atoms with E-state index in [0.29, 0.717) is 6.42 Å². The fourth-order valence-electron chi connectivity index (χ4n) is 2.46. The van der Waals surface area contributed by atoms with Crippen LogP contribution >= 0.6 is 12.6 Å². The third-order valence-corrected chi connectivity index (χ3v) is 5.04. The molecule has 0 aromatic carbocycles. The van der Waals surface area contributed by atoms with Crippen LogP contribution in [0.1, 0.15) is 39.5 Å². The number of rotatable bonds is 15. The number of amides is 4. The molecule has 9 N–H and O–H groups in total. The molecule has 0 aliphatic rings. The van der Waals surface area contributed by atoms with E-state index in [9.17, 15) is 28.8 Å². The fraction of sp³-hybridized carbons (Fsp3) is 0.667. The summed E-state index contributed by atoms with van der Waals surface area (Å²) in [4.78, 5) is 70.9. The third kappa shape index (κ3) is 10.4. The van der Waals surface area contributed by atoms with E-state index in [1.54, 1.807) is 6.92 Å². The van der Waals surface area contributed by atoms with Crippen LogP contribution in [0.25, 0.3) is 0 Å². The highest BCUT2D eigenvalue weighted by Crippen LogP contribution is 2.07. The molecule has 13 nitrogen and oxygen atoms in total. The zero-order valence-electron chi connectivity index (χ0n) is 17.9. The van der Waals surface area contributed by atoms with Gasteiger partial charge in [0.15, 0.2) is 0 Å². The second kappa shape index (κ2) is 14.2. The van der Waals surface area contributed by atoms with Gasteiger partial charge in [0, 0.05) is 12.2 Å². The van der Waals surface area contributed by atoms with Crippen LogP contribution in [0.4, 0.5) is 0 Å². The zero-order valence-corrected chi connectivity index (χ0v) is 18.8. The van der Waals surface area contributed by atoms with Crippen molar-refractivity contribution >= 4 is 48.2 Å². The largest absolute Gasteiger partial charge is 0.481 e. The quantitative estimate of drug-likeness (QED) is 0.117. The Kier molecular flexibility index (Phi) is 13.0. The van der Waals surface area contributed by atoms with Gasteiger partial charge < -0.3 is 37.6 Å². The van der Waals surface area contributed by atoms with Crippen LogP contribution in [0.5, 0.6) is 0 Å². The van der Waals surface area contributed by atoms with Gasteiger partial charge in [0.1, 0.15) is 18.1 Å². The molecule has 0 saturated carbocycles. The molecular formula is C18H31N5O8S. The Bertz CT molecular complexity index is 719. The predicted molar refractivity (Wildman–Crippen MR) is 115 cm³/mol. The van der Waals surface area contributed by atoms with Gasteiger partial charge in [-0.05, 0) is 12.3 Å². The number of nitrogens with one attached hydrogen (secondary N) is 3. The monoisotopic (exact) mass is 477 g/mol. The summed E-state index contributed by atoms with van der Waals surface area (Å²) in [7, 11) is 0. The van der Waals surface area contributed by atoms with Crippen molar-refractivity contribution < 1.29 is 39.0 Å². The normalized spacial score (nSPS) is 15.4. The Balaban J connectivity index is 5.54. The molecule has 182 valence electrons. The van der Waals surface area contributed by atoms with Gasteiger partial charge in [-0.25, -0.2) is 4.79 Å². The molecule has 5 unspecified atom stereocenters. The van der Waals surface area contributed by atoms with Crippen molar-refractivity contribution in [3.05, 3.63) is 0 Å². The Hall–Kier alpha value is -2.87. The maximum absolute atomic E-state index is 12.7. The number of hydrogen-bond donors (Lipinski definition) is 8. The van der Waals surface area contributed by atoms with Gasteiger partial charge in [0.05, 0.1) is 12.5 Å². The number of carboxylic acids is 2. The van der Waals surface area contributed by atoms with Gasteiger partial charge in [-0.3, -0.25) is 24.0 Å².